The Kier molecular flexibility index (Phi) is 6.40. The van der Waals surface area contributed by atoms with Gasteiger partial charge in [0.1, 0.15) is 5.75 Å². The Bertz CT molecular complexity index is 939. The number of esters is 1. The number of nitrogens with one attached hydrogen (secondary N) is 2. The Morgan fingerprint density at radius 2 is 1.74 bits per heavy atom. The standard InChI is InChI=1S/C18H20N2O6S/c1-4-26-18(22)13-5-8-15(9-6-13)27(23,24)20-16-11-14(19-12(2)21)7-10-17(16)25-3/h5-11,20H,4H2,1-3H3,(H,19,21). The van der Waals surface area contributed by atoms with Crippen LogP contribution in [0.15, 0.2) is 47.4 Å². The Hall–Kier alpha value is -3.07. The molecule has 0 spiro atoms. The fourth-order valence-electron chi connectivity index (χ4n) is 2.26. The molecule has 2 rings (SSSR count). The number of anilines is 2. The zero-order valence-electron chi connectivity index (χ0n) is 15.1. The van der Waals surface area contributed by atoms with E-state index >= 15 is 0 Å². The molecule has 0 aliphatic carbocycles. The van der Waals surface area contributed by atoms with E-state index in [2.05, 4.69) is 10.0 Å². The highest BCUT2D eigenvalue weighted by Crippen LogP contribution is 2.30. The third-order valence-corrected chi connectivity index (χ3v) is 4.82. The topological polar surface area (TPSA) is 111 Å². The van der Waals surface area contributed by atoms with Crippen molar-refractivity contribution in [2.24, 2.45) is 0 Å². The average Bonchev–Trinajstić information content (AvgIpc) is 2.61. The molecule has 0 saturated heterocycles. The first-order valence-electron chi connectivity index (χ1n) is 8.02. The van der Waals surface area contributed by atoms with Crippen molar-refractivity contribution in [2.45, 2.75) is 18.7 Å². The molecule has 2 aromatic rings. The molecule has 144 valence electrons. The van der Waals surface area contributed by atoms with Gasteiger partial charge in [0.2, 0.25) is 5.91 Å². The summed E-state index contributed by atoms with van der Waals surface area (Å²) in [5.74, 6) is -0.529. The smallest absolute Gasteiger partial charge is 0.338 e. The predicted molar refractivity (Wildman–Crippen MR) is 101 cm³/mol. The van der Waals surface area contributed by atoms with Crippen LogP contribution in [0.3, 0.4) is 0 Å². The van der Waals surface area contributed by atoms with Gasteiger partial charge in [0.15, 0.2) is 0 Å². The molecule has 0 aliphatic rings. The summed E-state index contributed by atoms with van der Waals surface area (Å²) in [7, 11) is -2.54. The van der Waals surface area contributed by atoms with Crippen LogP contribution in [0.1, 0.15) is 24.2 Å². The normalized spacial score (nSPS) is 10.8. The largest absolute Gasteiger partial charge is 0.495 e. The zero-order valence-corrected chi connectivity index (χ0v) is 15.9. The number of sulfonamides is 1. The fraction of sp³-hybridized carbons (Fsp3) is 0.222. The van der Waals surface area contributed by atoms with E-state index in [0.29, 0.717) is 5.69 Å². The molecule has 8 nitrogen and oxygen atoms in total. The van der Waals surface area contributed by atoms with Crippen molar-refractivity contribution in [3.8, 4) is 5.75 Å². The molecule has 2 aromatic carbocycles. The molecule has 0 aliphatic heterocycles. The summed E-state index contributed by atoms with van der Waals surface area (Å²) in [5.41, 5.74) is 0.831. The molecule has 0 heterocycles. The van der Waals surface area contributed by atoms with Gasteiger partial charge in [-0.15, -0.1) is 0 Å². The molecule has 2 N–H and O–H groups in total. The van der Waals surface area contributed by atoms with Gasteiger partial charge >= 0.3 is 5.97 Å². The van der Waals surface area contributed by atoms with Crippen molar-refractivity contribution in [3.05, 3.63) is 48.0 Å². The number of benzene rings is 2. The molecule has 0 atom stereocenters. The summed E-state index contributed by atoms with van der Waals surface area (Å²) in [6.45, 7) is 3.26. The molecule has 9 heteroatoms. The molecular weight excluding hydrogens is 372 g/mol. The van der Waals surface area contributed by atoms with Gasteiger partial charge < -0.3 is 14.8 Å². The molecule has 27 heavy (non-hydrogen) atoms. The minimum absolute atomic E-state index is 0.0393. The lowest BCUT2D eigenvalue weighted by Crippen LogP contribution is -2.15. The van der Waals surface area contributed by atoms with Crippen LogP contribution in [0.5, 0.6) is 5.75 Å². The maximum absolute atomic E-state index is 12.6. The lowest BCUT2D eigenvalue weighted by Gasteiger charge is -2.14. The molecule has 0 bridgehead atoms. The van der Waals surface area contributed by atoms with Gasteiger partial charge in [0.05, 0.1) is 29.9 Å². The number of amides is 1. The summed E-state index contributed by atoms with van der Waals surface area (Å²) in [6.07, 6.45) is 0. The number of carbonyl (C=O) groups is 2. The van der Waals surface area contributed by atoms with Gasteiger partial charge in [0.25, 0.3) is 10.0 Å². The molecular formula is C18H20N2O6S. The molecule has 0 saturated carbocycles. The first-order valence-corrected chi connectivity index (χ1v) is 9.50. The van der Waals surface area contributed by atoms with Crippen molar-refractivity contribution in [3.63, 3.8) is 0 Å². The summed E-state index contributed by atoms with van der Waals surface area (Å²) >= 11 is 0. The van der Waals surface area contributed by atoms with E-state index in [1.807, 2.05) is 0 Å². The number of ether oxygens (including phenoxy) is 2. The molecule has 0 radical (unpaired) electrons. The van der Waals surface area contributed by atoms with Gasteiger partial charge in [0, 0.05) is 12.6 Å². The molecule has 0 fully saturated rings. The monoisotopic (exact) mass is 392 g/mol. The number of hydrogen-bond donors (Lipinski definition) is 2. The lowest BCUT2D eigenvalue weighted by atomic mass is 10.2. The van der Waals surface area contributed by atoms with E-state index in [1.165, 1.54) is 50.4 Å². The van der Waals surface area contributed by atoms with Crippen LogP contribution in [-0.4, -0.2) is 34.0 Å². The first-order chi connectivity index (χ1) is 12.8. The Balaban J connectivity index is 2.30. The maximum atomic E-state index is 12.6. The molecule has 0 aromatic heterocycles. The highest BCUT2D eigenvalue weighted by atomic mass is 32.2. The van der Waals surface area contributed by atoms with Gasteiger partial charge in [-0.3, -0.25) is 9.52 Å². The highest BCUT2D eigenvalue weighted by Gasteiger charge is 2.18. The van der Waals surface area contributed by atoms with E-state index in [0.717, 1.165) is 0 Å². The van der Waals surface area contributed by atoms with Crippen molar-refractivity contribution in [1.82, 2.24) is 0 Å². The summed E-state index contributed by atoms with van der Waals surface area (Å²) in [4.78, 5) is 22.8. The Morgan fingerprint density at radius 1 is 1.07 bits per heavy atom. The van der Waals surface area contributed by atoms with Crippen LogP contribution in [0, 0.1) is 0 Å². The number of carbonyl (C=O) groups excluding carboxylic acids is 2. The predicted octanol–water partition coefficient (Wildman–Crippen LogP) is 2.63. The molecule has 0 unspecified atom stereocenters. The summed E-state index contributed by atoms with van der Waals surface area (Å²) in [6, 6.07) is 9.93. The quantitative estimate of drug-likeness (QED) is 0.701. The van der Waals surface area contributed by atoms with Gasteiger partial charge in [-0.05, 0) is 49.4 Å². The average molecular weight is 392 g/mol. The van der Waals surface area contributed by atoms with E-state index in [4.69, 9.17) is 9.47 Å². The van der Waals surface area contributed by atoms with Crippen LogP contribution in [0.4, 0.5) is 11.4 Å². The third kappa shape index (κ3) is 5.20. The summed E-state index contributed by atoms with van der Waals surface area (Å²) < 4.78 is 37.7. The van der Waals surface area contributed by atoms with E-state index in [9.17, 15) is 18.0 Å². The van der Waals surface area contributed by atoms with Crippen molar-refractivity contribution >= 4 is 33.3 Å². The second kappa shape index (κ2) is 8.54. The fourth-order valence-corrected chi connectivity index (χ4v) is 3.32. The van der Waals surface area contributed by atoms with Crippen molar-refractivity contribution in [2.75, 3.05) is 23.8 Å². The van der Waals surface area contributed by atoms with Crippen LogP contribution in [0.2, 0.25) is 0 Å². The van der Waals surface area contributed by atoms with Gasteiger partial charge in [-0.2, -0.15) is 0 Å². The second-order valence-corrected chi connectivity index (χ2v) is 7.13. The van der Waals surface area contributed by atoms with Crippen molar-refractivity contribution < 1.29 is 27.5 Å². The minimum atomic E-state index is -3.94. The van der Waals surface area contributed by atoms with Crippen LogP contribution in [0.25, 0.3) is 0 Å². The van der Waals surface area contributed by atoms with Crippen molar-refractivity contribution in [1.29, 1.82) is 0 Å². The second-order valence-electron chi connectivity index (χ2n) is 5.45. The SMILES string of the molecule is CCOC(=O)c1ccc(S(=O)(=O)Nc2cc(NC(C)=O)ccc2OC)cc1. The van der Waals surface area contributed by atoms with Crippen LogP contribution >= 0.6 is 0 Å². The Morgan fingerprint density at radius 3 is 2.30 bits per heavy atom. The van der Waals surface area contributed by atoms with E-state index < -0.39 is 16.0 Å². The number of hydrogen-bond acceptors (Lipinski definition) is 6. The van der Waals surface area contributed by atoms with E-state index in [-0.39, 0.29) is 34.4 Å². The maximum Gasteiger partial charge on any atom is 0.338 e. The summed E-state index contributed by atoms with van der Waals surface area (Å²) in [5, 5.41) is 2.57. The first kappa shape index (κ1) is 20.2. The van der Waals surface area contributed by atoms with Gasteiger partial charge in [-0.25, -0.2) is 13.2 Å². The number of rotatable bonds is 7. The van der Waals surface area contributed by atoms with Crippen LogP contribution < -0.4 is 14.8 Å². The van der Waals surface area contributed by atoms with Gasteiger partial charge in [-0.1, -0.05) is 0 Å². The third-order valence-electron chi connectivity index (χ3n) is 3.44. The van der Waals surface area contributed by atoms with Crippen LogP contribution in [-0.2, 0) is 19.6 Å². The lowest BCUT2D eigenvalue weighted by molar-refractivity contribution is -0.114. The highest BCUT2D eigenvalue weighted by molar-refractivity contribution is 7.92. The number of methoxy groups -OCH3 is 1. The Labute approximate surface area is 157 Å². The molecule has 1 amide bonds. The minimum Gasteiger partial charge on any atom is -0.495 e. The zero-order chi connectivity index (χ0) is 20.0. The van der Waals surface area contributed by atoms with E-state index in [1.54, 1.807) is 13.0 Å².